The Morgan fingerprint density at radius 2 is 2.50 bits per heavy atom. The summed E-state index contributed by atoms with van der Waals surface area (Å²) in [5, 5.41) is 10.2. The molecule has 0 bridgehead atoms. The van der Waals surface area contributed by atoms with Crippen molar-refractivity contribution < 1.29 is 12.6 Å². The molecule has 0 spiro atoms. The second-order valence-electron chi connectivity index (χ2n) is 4.81. The summed E-state index contributed by atoms with van der Waals surface area (Å²) in [6.45, 7) is 3.72. The third kappa shape index (κ3) is 3.05. The fourth-order valence-corrected chi connectivity index (χ4v) is 2.42. The first-order valence-electron chi connectivity index (χ1n) is 6.94. The average molecular weight is 224 g/mol. The van der Waals surface area contributed by atoms with E-state index in [0.29, 0.717) is 12.8 Å². The summed E-state index contributed by atoms with van der Waals surface area (Å²) in [6, 6.07) is 0. The number of carbonyl (C=O) groups excluding carboxylic acids is 1. The van der Waals surface area contributed by atoms with Crippen molar-refractivity contribution in [2.45, 2.75) is 39.2 Å². The summed E-state index contributed by atoms with van der Waals surface area (Å²) in [6.07, 6.45) is 6.42. The third-order valence-corrected chi connectivity index (χ3v) is 3.52. The number of ketones is 1. The van der Waals surface area contributed by atoms with Gasteiger partial charge in [-0.15, -0.1) is 0 Å². The van der Waals surface area contributed by atoms with Gasteiger partial charge in [0.25, 0.3) is 0 Å². The van der Waals surface area contributed by atoms with Crippen LogP contribution in [-0.2, 0) is 4.79 Å². The highest BCUT2D eigenvalue weighted by Crippen LogP contribution is 2.34. The van der Waals surface area contributed by atoms with Crippen LogP contribution in [0.4, 0.5) is 0 Å². The van der Waals surface area contributed by atoms with Crippen molar-refractivity contribution in [3.05, 3.63) is 24.8 Å². The summed E-state index contributed by atoms with van der Waals surface area (Å²) in [5.41, 5.74) is 0. The zero-order chi connectivity index (χ0) is 13.7. The fourth-order valence-electron chi connectivity index (χ4n) is 2.42. The maximum atomic E-state index is 11.7. The summed E-state index contributed by atoms with van der Waals surface area (Å²) < 4.78 is 13.8. The Morgan fingerprint density at radius 3 is 3.06 bits per heavy atom. The lowest BCUT2D eigenvalue weighted by Crippen LogP contribution is -2.33. The van der Waals surface area contributed by atoms with E-state index in [1.165, 1.54) is 6.08 Å². The molecule has 0 aromatic heterocycles. The number of rotatable bonds is 5. The van der Waals surface area contributed by atoms with Crippen LogP contribution in [-0.4, -0.2) is 17.0 Å². The Morgan fingerprint density at radius 1 is 1.75 bits per heavy atom. The quantitative estimate of drug-likeness (QED) is 0.729. The molecule has 1 saturated carbocycles. The van der Waals surface area contributed by atoms with Gasteiger partial charge in [-0.1, -0.05) is 38.6 Å². The van der Waals surface area contributed by atoms with Crippen molar-refractivity contribution in [2.24, 2.45) is 17.8 Å². The highest BCUT2D eigenvalue weighted by Gasteiger charge is 2.38. The molecule has 0 radical (unpaired) electrons. The van der Waals surface area contributed by atoms with Gasteiger partial charge in [-0.25, -0.2) is 0 Å². The maximum absolute atomic E-state index is 11.7. The molecule has 90 valence electrons. The molecule has 1 fully saturated rings. The number of carbonyl (C=O) groups is 1. The minimum absolute atomic E-state index is 0.0177. The highest BCUT2D eigenvalue weighted by molar-refractivity contribution is 5.83. The number of hydrogen-bond acceptors (Lipinski definition) is 2. The Bertz CT molecular complexity index is 346. The third-order valence-electron chi connectivity index (χ3n) is 3.52. The Kier molecular flexibility index (Phi) is 3.85. The van der Waals surface area contributed by atoms with E-state index in [4.69, 9.17) is 2.74 Å². The molecule has 0 aromatic carbocycles. The van der Waals surface area contributed by atoms with E-state index in [2.05, 4.69) is 0 Å². The highest BCUT2D eigenvalue weighted by atomic mass is 16.3. The van der Waals surface area contributed by atoms with E-state index >= 15 is 0 Å². The maximum Gasteiger partial charge on any atom is 0.138 e. The van der Waals surface area contributed by atoms with Crippen LogP contribution in [0.1, 0.15) is 35.9 Å². The van der Waals surface area contributed by atoms with Gasteiger partial charge in [0, 0.05) is 12.3 Å². The summed E-state index contributed by atoms with van der Waals surface area (Å²) in [5.74, 6) is 0.258. The Hall–Kier alpha value is -0.890. The molecule has 1 N–H and O–H groups in total. The van der Waals surface area contributed by atoms with Gasteiger partial charge in [0.1, 0.15) is 5.78 Å². The van der Waals surface area contributed by atoms with Crippen molar-refractivity contribution in [1.82, 2.24) is 0 Å². The molecule has 0 aromatic rings. The van der Waals surface area contributed by atoms with Crippen LogP contribution < -0.4 is 0 Å². The molecule has 0 saturated heterocycles. The molecule has 4 atom stereocenters. The van der Waals surface area contributed by atoms with Crippen LogP contribution in [0.25, 0.3) is 0 Å². The number of allylic oxidation sites excluding steroid dienone is 3. The number of hydrogen-bond donors (Lipinski definition) is 1. The summed E-state index contributed by atoms with van der Waals surface area (Å²) >= 11 is 0. The zero-order valence-corrected chi connectivity index (χ0v) is 10.0. The average Bonchev–Trinajstić information content (AvgIpc) is 2.63. The van der Waals surface area contributed by atoms with Gasteiger partial charge in [-0.3, -0.25) is 4.79 Å². The summed E-state index contributed by atoms with van der Waals surface area (Å²) in [4.78, 5) is 11.7. The van der Waals surface area contributed by atoms with Gasteiger partial charge in [0.2, 0.25) is 0 Å². The number of Topliss-reactive ketones (excluding diaryl/α,β-unsaturated/α-hetero) is 1. The van der Waals surface area contributed by atoms with Crippen molar-refractivity contribution >= 4 is 5.78 Å². The topological polar surface area (TPSA) is 37.3 Å². The minimum Gasteiger partial charge on any atom is -0.392 e. The smallest absolute Gasteiger partial charge is 0.138 e. The van der Waals surface area contributed by atoms with Gasteiger partial charge in [0.05, 0.1) is 8.85 Å². The normalized spacial score (nSPS) is 31.1. The van der Waals surface area contributed by atoms with Crippen molar-refractivity contribution in [2.75, 3.05) is 0 Å². The first kappa shape index (κ1) is 10.3. The lowest BCUT2D eigenvalue weighted by atomic mass is 9.83. The van der Waals surface area contributed by atoms with Gasteiger partial charge in [-0.2, -0.15) is 0 Å². The van der Waals surface area contributed by atoms with Crippen LogP contribution in [0.5, 0.6) is 0 Å². The van der Waals surface area contributed by atoms with E-state index in [1.54, 1.807) is 6.08 Å². The van der Waals surface area contributed by atoms with Crippen molar-refractivity contribution in [1.29, 1.82) is 0 Å². The number of aliphatic hydroxyl groups excluding tert-OH is 1. The van der Waals surface area contributed by atoms with Crippen molar-refractivity contribution in [3.63, 3.8) is 0 Å². The molecule has 2 nitrogen and oxygen atoms in total. The molecular weight excluding hydrogens is 200 g/mol. The van der Waals surface area contributed by atoms with Gasteiger partial charge < -0.3 is 5.11 Å². The van der Waals surface area contributed by atoms with E-state index < -0.39 is 6.10 Å². The predicted molar refractivity (Wildman–Crippen MR) is 66.0 cm³/mol. The number of aliphatic hydroxyl groups is 1. The van der Waals surface area contributed by atoms with E-state index in [-0.39, 0.29) is 30.1 Å². The first-order chi connectivity index (χ1) is 8.43. The zero-order valence-electron chi connectivity index (χ0n) is 12.0. The minimum atomic E-state index is -0.588. The standard InChI is InChI=1S/C14H22O2/c1-4-5-6-7-11(3)14(16)13-10(2)8-9-12(13)15/h4-6,10-11,13-14,16H,1,7-9H2,2-3H3/t10?,11-,13-,14-/m1/s1/i1D2. The van der Waals surface area contributed by atoms with Crippen LogP contribution >= 0.6 is 0 Å². The predicted octanol–water partition coefficient (Wildman–Crippen LogP) is 2.73. The van der Waals surface area contributed by atoms with Crippen LogP contribution in [0.2, 0.25) is 0 Å². The van der Waals surface area contributed by atoms with Gasteiger partial charge in [-0.05, 0) is 24.7 Å². The van der Waals surface area contributed by atoms with E-state index in [9.17, 15) is 9.90 Å². The fraction of sp³-hybridized carbons (Fsp3) is 0.643. The lowest BCUT2D eigenvalue weighted by molar-refractivity contribution is -0.125. The molecule has 1 rings (SSSR count). The van der Waals surface area contributed by atoms with E-state index in [1.807, 2.05) is 19.9 Å². The van der Waals surface area contributed by atoms with Crippen LogP contribution in [0.15, 0.2) is 24.8 Å². The Labute approximate surface area is 101 Å². The van der Waals surface area contributed by atoms with Crippen LogP contribution in [0, 0.1) is 17.8 Å². The molecular formula is C14H22O2. The largest absolute Gasteiger partial charge is 0.392 e. The van der Waals surface area contributed by atoms with Crippen molar-refractivity contribution in [3.8, 4) is 0 Å². The van der Waals surface area contributed by atoms with E-state index in [0.717, 1.165) is 6.42 Å². The molecule has 16 heavy (non-hydrogen) atoms. The Balaban J connectivity index is 2.51. The molecule has 2 heteroatoms. The van der Waals surface area contributed by atoms with Gasteiger partial charge >= 0.3 is 0 Å². The second-order valence-corrected chi connectivity index (χ2v) is 4.81. The first-order valence-corrected chi connectivity index (χ1v) is 5.94. The molecule has 0 amide bonds. The molecule has 1 unspecified atom stereocenters. The van der Waals surface area contributed by atoms with Crippen LogP contribution in [0.3, 0.4) is 0 Å². The second kappa shape index (κ2) is 6.00. The van der Waals surface area contributed by atoms with Gasteiger partial charge in [0.15, 0.2) is 0 Å². The SMILES string of the molecule is [2H]C([2H])=CC=CC[C@@H](C)[C@@H](O)[C@H]1C(=O)CCC1C. The lowest BCUT2D eigenvalue weighted by Gasteiger charge is -2.25. The molecule has 0 heterocycles. The molecule has 1 aliphatic carbocycles. The molecule has 1 aliphatic rings. The summed E-state index contributed by atoms with van der Waals surface area (Å²) in [7, 11) is 0. The monoisotopic (exact) mass is 224 g/mol. The molecule has 0 aliphatic heterocycles.